The largest absolute Gasteiger partial charge is 0.365 e. The molecule has 1 N–H and O–H groups in total. The Morgan fingerprint density at radius 1 is 1.07 bits per heavy atom. The fraction of sp³-hybridized carbons (Fsp3) is 0.381. The van der Waals surface area contributed by atoms with E-state index in [0.29, 0.717) is 30.8 Å². The van der Waals surface area contributed by atoms with Crippen LogP contribution < -0.4 is 10.2 Å². The van der Waals surface area contributed by atoms with Gasteiger partial charge in [-0.05, 0) is 42.2 Å². The lowest BCUT2D eigenvalue weighted by molar-refractivity contribution is -0.384. The van der Waals surface area contributed by atoms with E-state index < -0.39 is 0 Å². The molecule has 0 saturated carbocycles. The van der Waals surface area contributed by atoms with Gasteiger partial charge in [0.05, 0.1) is 4.92 Å². The number of nitrogens with zero attached hydrogens (tertiary/aromatic N) is 3. The first-order valence-electron chi connectivity index (χ1n) is 9.82. The molecule has 1 saturated heterocycles. The van der Waals surface area contributed by atoms with Crippen molar-refractivity contribution in [3.63, 3.8) is 0 Å². The summed E-state index contributed by atoms with van der Waals surface area (Å²) in [6.45, 7) is 4.00. The summed E-state index contributed by atoms with van der Waals surface area (Å²) < 4.78 is 0. The molecule has 0 aliphatic carbocycles. The molecule has 152 valence electrons. The van der Waals surface area contributed by atoms with Gasteiger partial charge in [-0.2, -0.15) is 0 Å². The van der Waals surface area contributed by atoms with Crippen LogP contribution in [-0.4, -0.2) is 41.9 Å². The molecule has 4 rings (SSSR count). The average molecular weight is 415 g/mol. The van der Waals surface area contributed by atoms with Gasteiger partial charge in [-0.15, -0.1) is 0 Å². The van der Waals surface area contributed by atoms with E-state index in [2.05, 4.69) is 15.1 Å². The number of carbonyl (C=O) groups excluding carboxylic acids is 1. The Balaban J connectivity index is 1.52. The summed E-state index contributed by atoms with van der Waals surface area (Å²) >= 11 is 5.97. The molecule has 0 aromatic heterocycles. The highest BCUT2D eigenvalue weighted by Gasteiger charge is 2.27. The van der Waals surface area contributed by atoms with E-state index >= 15 is 0 Å². The SMILES string of the molecule is O=C1CCc2cc([N+](=O)[O-])c(N3CCCN(Cc4ccc(Cl)cc4)CC3)cc2N1. The van der Waals surface area contributed by atoms with E-state index in [1.807, 2.05) is 24.3 Å². The number of anilines is 2. The zero-order valence-electron chi connectivity index (χ0n) is 16.1. The smallest absolute Gasteiger partial charge is 0.292 e. The van der Waals surface area contributed by atoms with Gasteiger partial charge in [0.2, 0.25) is 5.91 Å². The first-order valence-corrected chi connectivity index (χ1v) is 10.2. The van der Waals surface area contributed by atoms with E-state index in [1.54, 1.807) is 12.1 Å². The van der Waals surface area contributed by atoms with Crippen LogP contribution in [0.15, 0.2) is 36.4 Å². The standard InChI is InChI=1S/C21H23ClN4O3/c22-17-5-2-15(3-6-17)14-24-8-1-9-25(11-10-24)19-13-18-16(4-7-21(27)23-18)12-20(19)26(28)29/h2-3,5-6,12-13H,1,4,7-11,14H2,(H,23,27). The molecule has 2 aliphatic rings. The Kier molecular flexibility index (Phi) is 5.69. The number of hydrogen-bond donors (Lipinski definition) is 1. The monoisotopic (exact) mass is 414 g/mol. The predicted molar refractivity (Wildman–Crippen MR) is 114 cm³/mol. The Labute approximate surface area is 174 Å². The second kappa shape index (κ2) is 8.39. The Morgan fingerprint density at radius 2 is 1.86 bits per heavy atom. The molecule has 0 bridgehead atoms. The number of rotatable bonds is 4. The van der Waals surface area contributed by atoms with Crippen LogP contribution in [0.25, 0.3) is 0 Å². The molecule has 0 atom stereocenters. The minimum Gasteiger partial charge on any atom is -0.365 e. The number of carbonyl (C=O) groups is 1. The molecule has 2 aromatic rings. The quantitative estimate of drug-likeness (QED) is 0.607. The highest BCUT2D eigenvalue weighted by molar-refractivity contribution is 6.30. The number of nitrogens with one attached hydrogen (secondary N) is 1. The lowest BCUT2D eigenvalue weighted by Crippen LogP contribution is -2.31. The maximum Gasteiger partial charge on any atom is 0.292 e. The highest BCUT2D eigenvalue weighted by Crippen LogP contribution is 2.36. The fourth-order valence-electron chi connectivity index (χ4n) is 4.02. The van der Waals surface area contributed by atoms with Crippen molar-refractivity contribution in [2.45, 2.75) is 25.8 Å². The van der Waals surface area contributed by atoms with E-state index in [-0.39, 0.29) is 16.5 Å². The van der Waals surface area contributed by atoms with Crippen molar-refractivity contribution in [1.82, 2.24) is 4.90 Å². The molecule has 29 heavy (non-hydrogen) atoms. The summed E-state index contributed by atoms with van der Waals surface area (Å²) in [6.07, 6.45) is 1.82. The molecule has 2 aliphatic heterocycles. The van der Waals surface area contributed by atoms with Gasteiger partial charge in [-0.1, -0.05) is 23.7 Å². The van der Waals surface area contributed by atoms with Crippen molar-refractivity contribution in [1.29, 1.82) is 0 Å². The van der Waals surface area contributed by atoms with Crippen LogP contribution in [0.2, 0.25) is 5.02 Å². The third-order valence-corrected chi connectivity index (χ3v) is 5.79. The van der Waals surface area contributed by atoms with Crippen molar-refractivity contribution in [3.8, 4) is 0 Å². The molecule has 1 fully saturated rings. The molecule has 2 aromatic carbocycles. The maximum absolute atomic E-state index is 11.8. The van der Waals surface area contributed by atoms with Gasteiger partial charge in [0, 0.05) is 55.9 Å². The van der Waals surface area contributed by atoms with E-state index in [9.17, 15) is 14.9 Å². The summed E-state index contributed by atoms with van der Waals surface area (Å²) in [6, 6.07) is 11.3. The van der Waals surface area contributed by atoms with E-state index in [4.69, 9.17) is 11.6 Å². The molecular weight excluding hydrogens is 392 g/mol. The molecule has 0 unspecified atom stereocenters. The van der Waals surface area contributed by atoms with E-state index in [0.717, 1.165) is 43.2 Å². The number of nitro benzene ring substituents is 1. The summed E-state index contributed by atoms with van der Waals surface area (Å²) in [5.74, 6) is -0.0395. The molecule has 2 heterocycles. The summed E-state index contributed by atoms with van der Waals surface area (Å²) in [7, 11) is 0. The molecule has 0 radical (unpaired) electrons. The van der Waals surface area contributed by atoms with Crippen LogP contribution in [0.1, 0.15) is 24.0 Å². The molecule has 8 heteroatoms. The van der Waals surface area contributed by atoms with Crippen LogP contribution in [0.3, 0.4) is 0 Å². The zero-order valence-corrected chi connectivity index (χ0v) is 16.8. The first kappa shape index (κ1) is 19.7. The van der Waals surface area contributed by atoms with Crippen LogP contribution in [0, 0.1) is 10.1 Å². The second-order valence-electron chi connectivity index (χ2n) is 7.55. The van der Waals surface area contributed by atoms with Gasteiger partial charge < -0.3 is 10.2 Å². The van der Waals surface area contributed by atoms with Crippen LogP contribution in [0.4, 0.5) is 17.1 Å². The van der Waals surface area contributed by atoms with Crippen LogP contribution in [0.5, 0.6) is 0 Å². The van der Waals surface area contributed by atoms with Gasteiger partial charge in [0.15, 0.2) is 0 Å². The molecular formula is C21H23ClN4O3. The third kappa shape index (κ3) is 4.52. The van der Waals surface area contributed by atoms with Crippen molar-refractivity contribution in [3.05, 3.63) is 62.7 Å². The van der Waals surface area contributed by atoms with Crippen molar-refractivity contribution in [2.24, 2.45) is 0 Å². The number of hydrogen-bond acceptors (Lipinski definition) is 5. The lowest BCUT2D eigenvalue weighted by Gasteiger charge is -2.26. The number of halogens is 1. The van der Waals surface area contributed by atoms with Crippen molar-refractivity contribution < 1.29 is 9.72 Å². The topological polar surface area (TPSA) is 78.7 Å². The van der Waals surface area contributed by atoms with Crippen LogP contribution in [-0.2, 0) is 17.8 Å². The summed E-state index contributed by atoms with van der Waals surface area (Å²) in [5, 5.41) is 15.3. The van der Waals surface area contributed by atoms with Gasteiger partial charge in [0.1, 0.15) is 5.69 Å². The maximum atomic E-state index is 11.8. The number of amides is 1. The Morgan fingerprint density at radius 3 is 2.62 bits per heavy atom. The van der Waals surface area contributed by atoms with E-state index in [1.165, 1.54) is 5.56 Å². The first-order chi connectivity index (χ1) is 14.0. The van der Waals surface area contributed by atoms with Crippen LogP contribution >= 0.6 is 11.6 Å². The van der Waals surface area contributed by atoms with Gasteiger partial charge in [-0.25, -0.2) is 0 Å². The predicted octanol–water partition coefficient (Wildman–Crippen LogP) is 3.85. The third-order valence-electron chi connectivity index (χ3n) is 5.54. The average Bonchev–Trinajstić information content (AvgIpc) is 2.94. The summed E-state index contributed by atoms with van der Waals surface area (Å²) in [4.78, 5) is 27.6. The van der Waals surface area contributed by atoms with Crippen molar-refractivity contribution in [2.75, 3.05) is 36.4 Å². The molecule has 7 nitrogen and oxygen atoms in total. The molecule has 1 amide bonds. The molecule has 0 spiro atoms. The minimum atomic E-state index is -0.317. The highest BCUT2D eigenvalue weighted by atomic mass is 35.5. The fourth-order valence-corrected chi connectivity index (χ4v) is 4.15. The normalized spacial score (nSPS) is 17.4. The van der Waals surface area contributed by atoms with Crippen molar-refractivity contribution >= 4 is 34.6 Å². The lowest BCUT2D eigenvalue weighted by atomic mass is 10.0. The Bertz CT molecular complexity index is 932. The number of aryl methyl sites for hydroxylation is 1. The second-order valence-corrected chi connectivity index (χ2v) is 7.98. The van der Waals surface area contributed by atoms with Gasteiger partial charge in [-0.3, -0.25) is 19.8 Å². The minimum absolute atomic E-state index is 0.0395. The Hall–Kier alpha value is -2.64. The number of nitro groups is 1. The van der Waals surface area contributed by atoms with Gasteiger partial charge in [0.25, 0.3) is 5.69 Å². The number of fused-ring (bicyclic) bond motifs is 1. The van der Waals surface area contributed by atoms with Gasteiger partial charge >= 0.3 is 0 Å². The number of benzene rings is 2. The zero-order chi connectivity index (χ0) is 20.4. The summed E-state index contributed by atoms with van der Waals surface area (Å²) in [5.41, 5.74) is 3.43.